The standard InChI is InChI=1S/C23H29NO2S/c1-4-23(5-2)14-20(19-8-6-7-9-21(19)26-23)24-22(25)16-27-15-18-12-10-17(3)11-13-18/h6-13,20H,4-5,14-16H2,1-3H3,(H,24,25). The summed E-state index contributed by atoms with van der Waals surface area (Å²) in [4.78, 5) is 12.6. The van der Waals surface area contributed by atoms with Crippen molar-refractivity contribution in [1.82, 2.24) is 5.32 Å². The molecule has 0 fully saturated rings. The summed E-state index contributed by atoms with van der Waals surface area (Å²) in [7, 11) is 0. The van der Waals surface area contributed by atoms with Crippen LogP contribution in [0.4, 0.5) is 0 Å². The molecule has 1 unspecified atom stereocenters. The lowest BCUT2D eigenvalue weighted by Gasteiger charge is -2.41. The summed E-state index contributed by atoms with van der Waals surface area (Å²) in [6.45, 7) is 6.41. The Labute approximate surface area is 166 Å². The second-order valence-electron chi connectivity index (χ2n) is 7.33. The summed E-state index contributed by atoms with van der Waals surface area (Å²) in [5.74, 6) is 2.32. The number of para-hydroxylation sites is 1. The van der Waals surface area contributed by atoms with Gasteiger partial charge in [-0.2, -0.15) is 0 Å². The van der Waals surface area contributed by atoms with Crippen molar-refractivity contribution >= 4 is 17.7 Å². The van der Waals surface area contributed by atoms with E-state index in [-0.39, 0.29) is 17.6 Å². The lowest BCUT2D eigenvalue weighted by molar-refractivity contribution is -0.120. The summed E-state index contributed by atoms with van der Waals surface area (Å²) in [6, 6.07) is 16.6. The van der Waals surface area contributed by atoms with Gasteiger partial charge in [-0.3, -0.25) is 4.79 Å². The predicted octanol–water partition coefficient (Wildman–Crippen LogP) is 5.43. The summed E-state index contributed by atoms with van der Waals surface area (Å²) in [5, 5.41) is 3.25. The van der Waals surface area contributed by atoms with E-state index in [0.717, 1.165) is 36.3 Å². The Morgan fingerprint density at radius 2 is 1.85 bits per heavy atom. The first kappa shape index (κ1) is 19.8. The van der Waals surface area contributed by atoms with Crippen LogP contribution in [0.1, 0.15) is 55.8 Å². The summed E-state index contributed by atoms with van der Waals surface area (Å²) < 4.78 is 6.32. The lowest BCUT2D eigenvalue weighted by atomic mass is 9.83. The van der Waals surface area contributed by atoms with Gasteiger partial charge in [0.05, 0.1) is 11.8 Å². The molecule has 0 spiro atoms. The number of fused-ring (bicyclic) bond motifs is 1. The third-order valence-electron chi connectivity index (χ3n) is 5.44. The molecular weight excluding hydrogens is 354 g/mol. The van der Waals surface area contributed by atoms with E-state index in [9.17, 15) is 4.79 Å². The molecule has 2 aromatic carbocycles. The number of nitrogens with one attached hydrogen (secondary N) is 1. The molecule has 1 N–H and O–H groups in total. The Balaban J connectivity index is 1.61. The molecule has 4 heteroatoms. The zero-order valence-electron chi connectivity index (χ0n) is 16.5. The van der Waals surface area contributed by atoms with E-state index in [1.807, 2.05) is 18.2 Å². The molecule has 0 bridgehead atoms. The highest BCUT2D eigenvalue weighted by molar-refractivity contribution is 7.99. The molecule has 1 heterocycles. The smallest absolute Gasteiger partial charge is 0.230 e. The van der Waals surface area contributed by atoms with E-state index < -0.39 is 0 Å². The van der Waals surface area contributed by atoms with Gasteiger partial charge in [-0.15, -0.1) is 11.8 Å². The Kier molecular flexibility index (Phi) is 6.48. The van der Waals surface area contributed by atoms with Crippen LogP contribution in [0.2, 0.25) is 0 Å². The van der Waals surface area contributed by atoms with Crippen LogP contribution in [-0.2, 0) is 10.5 Å². The average molecular weight is 384 g/mol. The molecule has 1 atom stereocenters. The minimum atomic E-state index is -0.193. The SMILES string of the molecule is CCC1(CC)CC(NC(=O)CSCc2ccc(C)cc2)c2ccccc2O1. The van der Waals surface area contributed by atoms with Gasteiger partial charge in [0.2, 0.25) is 5.91 Å². The Bertz CT molecular complexity index is 768. The lowest BCUT2D eigenvalue weighted by Crippen LogP contribution is -2.44. The van der Waals surface area contributed by atoms with Crippen molar-refractivity contribution in [2.45, 2.75) is 57.4 Å². The number of benzene rings is 2. The molecule has 0 saturated heterocycles. The van der Waals surface area contributed by atoms with E-state index >= 15 is 0 Å². The van der Waals surface area contributed by atoms with Crippen molar-refractivity contribution in [2.75, 3.05) is 5.75 Å². The first-order valence-corrected chi connectivity index (χ1v) is 10.9. The molecule has 1 aliphatic heterocycles. The summed E-state index contributed by atoms with van der Waals surface area (Å²) >= 11 is 1.66. The van der Waals surface area contributed by atoms with Crippen molar-refractivity contribution in [1.29, 1.82) is 0 Å². The summed E-state index contributed by atoms with van der Waals surface area (Å²) in [6.07, 6.45) is 2.70. The van der Waals surface area contributed by atoms with Crippen molar-refractivity contribution in [3.05, 3.63) is 65.2 Å². The first-order valence-electron chi connectivity index (χ1n) is 9.76. The molecule has 0 radical (unpaired) electrons. The number of carbonyl (C=O) groups is 1. The third kappa shape index (κ3) is 4.86. The molecule has 2 aromatic rings. The minimum Gasteiger partial charge on any atom is -0.487 e. The molecule has 0 aliphatic carbocycles. The number of rotatable bonds is 7. The monoisotopic (exact) mass is 383 g/mol. The zero-order valence-corrected chi connectivity index (χ0v) is 17.3. The van der Waals surface area contributed by atoms with E-state index in [2.05, 4.69) is 56.4 Å². The Hall–Kier alpha value is -1.94. The normalized spacial score (nSPS) is 17.7. The molecule has 1 amide bonds. The van der Waals surface area contributed by atoms with Crippen LogP contribution < -0.4 is 10.1 Å². The van der Waals surface area contributed by atoms with Crippen LogP contribution >= 0.6 is 11.8 Å². The van der Waals surface area contributed by atoms with Crippen LogP contribution in [-0.4, -0.2) is 17.3 Å². The molecule has 3 rings (SSSR count). The Morgan fingerprint density at radius 1 is 1.15 bits per heavy atom. The maximum atomic E-state index is 12.6. The topological polar surface area (TPSA) is 38.3 Å². The molecule has 1 aliphatic rings. The van der Waals surface area contributed by atoms with Crippen LogP contribution in [0.15, 0.2) is 48.5 Å². The highest BCUT2D eigenvalue weighted by Gasteiger charge is 2.38. The van der Waals surface area contributed by atoms with Gasteiger partial charge >= 0.3 is 0 Å². The summed E-state index contributed by atoms with van der Waals surface area (Å²) in [5.41, 5.74) is 3.41. The van der Waals surface area contributed by atoms with E-state index in [0.29, 0.717) is 5.75 Å². The number of carbonyl (C=O) groups excluding carboxylic acids is 1. The Morgan fingerprint density at radius 3 is 2.56 bits per heavy atom. The van der Waals surface area contributed by atoms with E-state index in [4.69, 9.17) is 4.74 Å². The van der Waals surface area contributed by atoms with E-state index in [1.165, 1.54) is 11.1 Å². The first-order chi connectivity index (χ1) is 13.0. The number of aryl methyl sites for hydroxylation is 1. The largest absolute Gasteiger partial charge is 0.487 e. The fourth-order valence-electron chi connectivity index (χ4n) is 3.61. The van der Waals surface area contributed by atoms with Gasteiger partial charge in [-0.1, -0.05) is 61.9 Å². The highest BCUT2D eigenvalue weighted by atomic mass is 32.2. The number of hydrogen-bond donors (Lipinski definition) is 1. The highest BCUT2D eigenvalue weighted by Crippen LogP contribution is 2.42. The molecule has 27 heavy (non-hydrogen) atoms. The fourth-order valence-corrected chi connectivity index (χ4v) is 4.41. The minimum absolute atomic E-state index is 0.0160. The van der Waals surface area contributed by atoms with Gasteiger partial charge in [-0.25, -0.2) is 0 Å². The fraction of sp³-hybridized carbons (Fsp3) is 0.435. The third-order valence-corrected chi connectivity index (χ3v) is 6.45. The molecule has 144 valence electrons. The van der Waals surface area contributed by atoms with Crippen LogP contribution in [0, 0.1) is 6.92 Å². The number of thioether (sulfide) groups is 1. The van der Waals surface area contributed by atoms with Crippen LogP contribution in [0.5, 0.6) is 5.75 Å². The maximum absolute atomic E-state index is 12.6. The quantitative estimate of drug-likeness (QED) is 0.693. The van der Waals surface area contributed by atoms with Gasteiger partial charge in [0, 0.05) is 17.7 Å². The number of amides is 1. The van der Waals surface area contributed by atoms with Crippen LogP contribution in [0.3, 0.4) is 0 Å². The van der Waals surface area contributed by atoms with Gasteiger partial charge in [0.1, 0.15) is 11.4 Å². The molecule has 0 saturated carbocycles. The maximum Gasteiger partial charge on any atom is 0.230 e. The second kappa shape index (κ2) is 8.83. The van der Waals surface area contributed by atoms with Gasteiger partial charge in [0.15, 0.2) is 0 Å². The molecular formula is C23H29NO2S. The number of ether oxygens (including phenoxy) is 1. The number of hydrogen-bond acceptors (Lipinski definition) is 3. The van der Waals surface area contributed by atoms with Gasteiger partial charge in [0.25, 0.3) is 0 Å². The van der Waals surface area contributed by atoms with Crippen LogP contribution in [0.25, 0.3) is 0 Å². The van der Waals surface area contributed by atoms with Crippen molar-refractivity contribution in [3.8, 4) is 5.75 Å². The predicted molar refractivity (Wildman–Crippen MR) is 113 cm³/mol. The van der Waals surface area contributed by atoms with Crippen molar-refractivity contribution in [3.63, 3.8) is 0 Å². The molecule has 3 nitrogen and oxygen atoms in total. The van der Waals surface area contributed by atoms with E-state index in [1.54, 1.807) is 11.8 Å². The van der Waals surface area contributed by atoms with Crippen molar-refractivity contribution in [2.24, 2.45) is 0 Å². The molecule has 0 aromatic heterocycles. The van der Waals surface area contributed by atoms with Crippen molar-refractivity contribution < 1.29 is 9.53 Å². The second-order valence-corrected chi connectivity index (χ2v) is 8.32. The van der Waals surface area contributed by atoms with Gasteiger partial charge < -0.3 is 10.1 Å². The van der Waals surface area contributed by atoms with Gasteiger partial charge in [-0.05, 0) is 31.4 Å². The average Bonchev–Trinajstić information content (AvgIpc) is 2.69. The zero-order chi connectivity index (χ0) is 19.3.